The molecule has 1 aromatic carbocycles. The summed E-state index contributed by atoms with van der Waals surface area (Å²) in [5.74, 6) is -1.41. The quantitative estimate of drug-likeness (QED) is 0.767. The topological polar surface area (TPSA) is 58.6 Å². The molecule has 0 aliphatic carbocycles. The van der Waals surface area contributed by atoms with E-state index in [-0.39, 0.29) is 5.82 Å². The first-order chi connectivity index (χ1) is 7.16. The zero-order valence-electron chi connectivity index (χ0n) is 7.61. The molecule has 15 heavy (non-hydrogen) atoms. The predicted octanol–water partition coefficient (Wildman–Crippen LogP) is 1.15. The van der Waals surface area contributed by atoms with Crippen molar-refractivity contribution in [2.24, 2.45) is 0 Å². The Kier molecular flexibility index (Phi) is 2.39. The highest BCUT2D eigenvalue weighted by Gasteiger charge is 2.23. The van der Waals surface area contributed by atoms with Crippen LogP contribution in [0.1, 0.15) is 5.56 Å². The van der Waals surface area contributed by atoms with Crippen molar-refractivity contribution in [3.8, 4) is 0 Å². The average Bonchev–Trinajstić information content (AvgIpc) is 2.68. The lowest BCUT2D eigenvalue weighted by Gasteiger charge is -2.02. The number of hydrogen-bond donors (Lipinski definition) is 2. The number of rotatable bonds is 2. The van der Waals surface area contributed by atoms with E-state index in [1.54, 1.807) is 12.1 Å². The zero-order chi connectivity index (χ0) is 10.8. The summed E-state index contributed by atoms with van der Waals surface area (Å²) in [6.07, 6.45) is 0.431. The molecule has 4 nitrogen and oxygen atoms in total. The Morgan fingerprint density at radius 2 is 2.07 bits per heavy atom. The summed E-state index contributed by atoms with van der Waals surface area (Å²) < 4.78 is 12.6. The average molecular weight is 209 g/mol. The maximum Gasteiger partial charge on any atom is 0.339 e. The van der Waals surface area contributed by atoms with Crippen LogP contribution in [0.25, 0.3) is 5.70 Å². The normalized spacial score (nSPS) is 19.5. The molecule has 5 heteroatoms. The Labute approximate surface area is 84.9 Å². The molecule has 1 atom stereocenters. The molecule has 1 aliphatic rings. The van der Waals surface area contributed by atoms with E-state index >= 15 is 0 Å². The van der Waals surface area contributed by atoms with E-state index in [0.717, 1.165) is 0 Å². The number of halogens is 1. The number of nitrogens with one attached hydrogen (secondary N) is 1. The minimum atomic E-state index is -1.07. The molecule has 1 unspecified atom stereocenters. The molecule has 0 fully saturated rings. The number of hydroxylamine groups is 1. The third-order valence-corrected chi connectivity index (χ3v) is 2.01. The molecule has 0 bridgehead atoms. The van der Waals surface area contributed by atoms with Gasteiger partial charge in [0.2, 0.25) is 6.10 Å². The van der Waals surface area contributed by atoms with Crippen LogP contribution in [-0.4, -0.2) is 17.2 Å². The highest BCUT2D eigenvalue weighted by Crippen LogP contribution is 2.18. The lowest BCUT2D eigenvalue weighted by Crippen LogP contribution is -2.20. The van der Waals surface area contributed by atoms with Gasteiger partial charge < -0.3 is 5.11 Å². The van der Waals surface area contributed by atoms with Crippen molar-refractivity contribution in [3.63, 3.8) is 0 Å². The number of hydrogen-bond acceptors (Lipinski definition) is 3. The summed E-state index contributed by atoms with van der Waals surface area (Å²) in [4.78, 5) is 15.3. The standard InChI is InChI=1S/C10H8FNO3/c11-7-3-1-6(2-4-7)8-5-9(10(13)14)15-12-8/h1-5,9,12H,(H,13,14). The Balaban J connectivity index is 2.22. The van der Waals surface area contributed by atoms with E-state index in [1.165, 1.54) is 18.2 Å². The van der Waals surface area contributed by atoms with Crippen LogP contribution >= 0.6 is 0 Å². The summed E-state index contributed by atoms with van der Waals surface area (Å²) >= 11 is 0. The minimum absolute atomic E-state index is 0.340. The van der Waals surface area contributed by atoms with Crippen LogP contribution in [0.15, 0.2) is 30.3 Å². The second-order valence-electron chi connectivity index (χ2n) is 3.07. The molecule has 78 valence electrons. The van der Waals surface area contributed by atoms with Crippen molar-refractivity contribution < 1.29 is 19.1 Å². The van der Waals surface area contributed by atoms with Crippen LogP contribution in [0.3, 0.4) is 0 Å². The molecule has 1 aromatic rings. The lowest BCUT2D eigenvalue weighted by molar-refractivity contribution is -0.148. The van der Waals surface area contributed by atoms with Gasteiger partial charge in [-0.15, -0.1) is 0 Å². The molecular formula is C10H8FNO3. The second kappa shape index (κ2) is 3.70. The maximum absolute atomic E-state index is 12.6. The van der Waals surface area contributed by atoms with E-state index in [4.69, 9.17) is 9.94 Å². The van der Waals surface area contributed by atoms with Gasteiger partial charge in [0.25, 0.3) is 0 Å². The largest absolute Gasteiger partial charge is 0.479 e. The van der Waals surface area contributed by atoms with Gasteiger partial charge in [0, 0.05) is 0 Å². The van der Waals surface area contributed by atoms with Crippen molar-refractivity contribution in [1.82, 2.24) is 5.48 Å². The maximum atomic E-state index is 12.6. The van der Waals surface area contributed by atoms with E-state index in [9.17, 15) is 9.18 Å². The summed E-state index contributed by atoms with van der Waals surface area (Å²) in [5, 5.41) is 8.65. The monoisotopic (exact) mass is 209 g/mol. The molecule has 0 radical (unpaired) electrons. The van der Waals surface area contributed by atoms with Gasteiger partial charge in [0.15, 0.2) is 0 Å². The molecule has 1 aliphatic heterocycles. The number of benzene rings is 1. The summed E-state index contributed by atoms with van der Waals surface area (Å²) in [6.45, 7) is 0. The molecule has 0 aromatic heterocycles. The lowest BCUT2D eigenvalue weighted by atomic mass is 10.1. The molecule has 0 amide bonds. The Morgan fingerprint density at radius 3 is 2.60 bits per heavy atom. The van der Waals surface area contributed by atoms with Crippen molar-refractivity contribution >= 4 is 11.7 Å². The number of carboxylic acids is 1. The van der Waals surface area contributed by atoms with Crippen molar-refractivity contribution in [3.05, 3.63) is 41.7 Å². The van der Waals surface area contributed by atoms with Crippen molar-refractivity contribution in [1.29, 1.82) is 0 Å². The smallest absolute Gasteiger partial charge is 0.339 e. The van der Waals surface area contributed by atoms with Crippen LogP contribution in [0.4, 0.5) is 4.39 Å². The SMILES string of the molecule is O=C(O)C1C=C(c2ccc(F)cc2)NO1. The Hall–Kier alpha value is -1.88. The summed E-state index contributed by atoms with van der Waals surface area (Å²) in [5.41, 5.74) is 3.69. The molecule has 1 heterocycles. The molecule has 0 spiro atoms. The van der Waals surface area contributed by atoms with Crippen LogP contribution in [0.5, 0.6) is 0 Å². The van der Waals surface area contributed by atoms with E-state index < -0.39 is 12.1 Å². The summed E-state index contributed by atoms with van der Waals surface area (Å²) in [6, 6.07) is 5.68. The van der Waals surface area contributed by atoms with Gasteiger partial charge in [-0.05, 0) is 35.9 Å². The van der Waals surface area contributed by atoms with Gasteiger partial charge in [-0.2, -0.15) is 0 Å². The number of carbonyl (C=O) groups is 1. The Morgan fingerprint density at radius 1 is 1.40 bits per heavy atom. The van der Waals surface area contributed by atoms with E-state index in [0.29, 0.717) is 11.3 Å². The third-order valence-electron chi connectivity index (χ3n) is 2.01. The van der Waals surface area contributed by atoms with E-state index in [2.05, 4.69) is 5.48 Å². The fourth-order valence-corrected chi connectivity index (χ4v) is 1.25. The van der Waals surface area contributed by atoms with Gasteiger partial charge in [0.05, 0.1) is 5.70 Å². The first-order valence-electron chi connectivity index (χ1n) is 4.29. The van der Waals surface area contributed by atoms with Crippen LogP contribution in [-0.2, 0) is 9.63 Å². The minimum Gasteiger partial charge on any atom is -0.479 e. The van der Waals surface area contributed by atoms with Crippen molar-refractivity contribution in [2.45, 2.75) is 6.10 Å². The van der Waals surface area contributed by atoms with Crippen LogP contribution < -0.4 is 5.48 Å². The molecule has 2 N–H and O–H groups in total. The highest BCUT2D eigenvalue weighted by molar-refractivity contribution is 5.80. The predicted molar refractivity (Wildman–Crippen MR) is 50.0 cm³/mol. The van der Waals surface area contributed by atoms with Gasteiger partial charge in [0.1, 0.15) is 5.82 Å². The molecule has 0 saturated heterocycles. The van der Waals surface area contributed by atoms with Crippen LogP contribution in [0.2, 0.25) is 0 Å². The van der Waals surface area contributed by atoms with Crippen molar-refractivity contribution in [2.75, 3.05) is 0 Å². The first-order valence-corrected chi connectivity index (χ1v) is 4.29. The third kappa shape index (κ3) is 1.97. The first kappa shape index (κ1) is 9.67. The second-order valence-corrected chi connectivity index (χ2v) is 3.07. The van der Waals surface area contributed by atoms with Gasteiger partial charge in [-0.1, -0.05) is 0 Å². The summed E-state index contributed by atoms with van der Waals surface area (Å²) in [7, 11) is 0. The van der Waals surface area contributed by atoms with Gasteiger partial charge in [-0.25, -0.2) is 9.18 Å². The molecule has 0 saturated carbocycles. The van der Waals surface area contributed by atoms with Crippen LogP contribution in [0, 0.1) is 5.82 Å². The van der Waals surface area contributed by atoms with Gasteiger partial charge in [-0.3, -0.25) is 10.3 Å². The van der Waals surface area contributed by atoms with E-state index in [1.807, 2.05) is 0 Å². The molecule has 2 rings (SSSR count). The molecular weight excluding hydrogens is 201 g/mol. The highest BCUT2D eigenvalue weighted by atomic mass is 19.1. The fraction of sp³-hybridized carbons (Fsp3) is 0.100. The fourth-order valence-electron chi connectivity index (χ4n) is 1.25. The Bertz CT molecular complexity index is 413. The van der Waals surface area contributed by atoms with Gasteiger partial charge >= 0.3 is 5.97 Å². The number of aliphatic carboxylic acids is 1. The zero-order valence-corrected chi connectivity index (χ0v) is 7.61. The number of carboxylic acid groups (broad SMARTS) is 1.